The number of amides is 1. The molecule has 3 aliphatic rings. The van der Waals surface area contributed by atoms with Gasteiger partial charge in [-0.2, -0.15) is 10.2 Å². The van der Waals surface area contributed by atoms with Gasteiger partial charge < -0.3 is 10.1 Å². The molecule has 2 fully saturated rings. The van der Waals surface area contributed by atoms with Crippen LogP contribution in [0.25, 0.3) is 5.69 Å². The number of carbonyl (C=O) groups is 1. The van der Waals surface area contributed by atoms with Crippen LogP contribution in [0.3, 0.4) is 0 Å². The zero-order chi connectivity index (χ0) is 27.4. The first kappa shape index (κ1) is 27.5. The van der Waals surface area contributed by atoms with Gasteiger partial charge in [0.15, 0.2) is 0 Å². The number of rotatable bonds is 7. The lowest BCUT2D eigenvalue weighted by atomic mass is 9.92. The van der Waals surface area contributed by atoms with Gasteiger partial charge in [0.25, 0.3) is 5.91 Å². The predicted octanol–water partition coefficient (Wildman–Crippen LogP) is 4.99. The van der Waals surface area contributed by atoms with Crippen molar-refractivity contribution in [2.75, 3.05) is 38.2 Å². The highest BCUT2D eigenvalue weighted by molar-refractivity contribution is 9.11. The second-order valence-corrected chi connectivity index (χ2v) is 11.7. The van der Waals surface area contributed by atoms with Crippen LogP contribution < -0.4 is 5.32 Å². The summed E-state index contributed by atoms with van der Waals surface area (Å²) in [7, 11) is 0. The van der Waals surface area contributed by atoms with E-state index in [0.29, 0.717) is 35.6 Å². The fourth-order valence-electron chi connectivity index (χ4n) is 5.42. The number of aromatic nitrogens is 2. The Morgan fingerprint density at radius 3 is 2.67 bits per heavy atom. The molecule has 0 saturated carbocycles. The molecule has 0 bridgehead atoms. The molecule has 5 rings (SSSR count). The van der Waals surface area contributed by atoms with Crippen LogP contribution in [0.1, 0.15) is 49.8 Å². The van der Waals surface area contributed by atoms with Crippen molar-refractivity contribution in [2.24, 2.45) is 10.1 Å². The van der Waals surface area contributed by atoms with Gasteiger partial charge >= 0.3 is 0 Å². The molecule has 0 radical (unpaired) electrons. The largest absolute Gasteiger partial charge is 0.380 e. The molecular weight excluding hydrogens is 558 g/mol. The van der Waals surface area contributed by atoms with Gasteiger partial charge in [0.05, 0.1) is 42.0 Å². The SMILES string of the molecule is C=NC1=C(C(=O)Nc2cc(C3CCN(C4CCCOC4)CC3)nn2-c2ccc(C)cc2)C=NN(/C=C(\C)Br)C1. The topological polar surface area (TPSA) is 87.3 Å². The summed E-state index contributed by atoms with van der Waals surface area (Å²) in [6.45, 7) is 11.8. The number of carbonyl (C=O) groups excluding carboxylic acids is 1. The monoisotopic (exact) mass is 593 g/mol. The van der Waals surface area contributed by atoms with E-state index in [9.17, 15) is 4.79 Å². The second kappa shape index (κ2) is 12.4. The fourth-order valence-corrected chi connectivity index (χ4v) is 5.66. The van der Waals surface area contributed by atoms with Crippen LogP contribution in [0.4, 0.5) is 5.82 Å². The average Bonchev–Trinajstić information content (AvgIpc) is 3.37. The molecule has 3 aliphatic heterocycles. The summed E-state index contributed by atoms with van der Waals surface area (Å²) >= 11 is 3.42. The first-order valence-corrected chi connectivity index (χ1v) is 14.3. The molecule has 1 amide bonds. The molecule has 2 aromatic rings. The van der Waals surface area contributed by atoms with Gasteiger partial charge in [0.1, 0.15) is 5.82 Å². The summed E-state index contributed by atoms with van der Waals surface area (Å²) in [5.74, 6) is 0.680. The summed E-state index contributed by atoms with van der Waals surface area (Å²) in [4.78, 5) is 20.1. The minimum atomic E-state index is -0.285. The van der Waals surface area contributed by atoms with Gasteiger partial charge in [0, 0.05) is 35.3 Å². The maximum absolute atomic E-state index is 13.5. The van der Waals surface area contributed by atoms with Gasteiger partial charge in [-0.15, -0.1) is 0 Å². The van der Waals surface area contributed by atoms with Crippen molar-refractivity contribution in [3.8, 4) is 5.69 Å². The van der Waals surface area contributed by atoms with E-state index in [1.807, 2.05) is 36.0 Å². The molecular formula is C29H36BrN7O2. The number of piperidine rings is 1. The zero-order valence-electron chi connectivity index (χ0n) is 22.6. The highest BCUT2D eigenvalue weighted by Crippen LogP contribution is 2.32. The molecule has 0 spiro atoms. The number of allylic oxidation sites excluding steroid dienone is 1. The zero-order valence-corrected chi connectivity index (χ0v) is 24.2. The molecule has 9 nitrogen and oxygen atoms in total. The number of hydrogen-bond acceptors (Lipinski definition) is 7. The van der Waals surface area contributed by atoms with E-state index in [4.69, 9.17) is 9.84 Å². The number of nitrogens with zero attached hydrogens (tertiary/aromatic N) is 6. The molecule has 2 saturated heterocycles. The number of likely N-dealkylation sites (tertiary alicyclic amines) is 1. The molecule has 4 heterocycles. The second-order valence-electron chi connectivity index (χ2n) is 10.4. The van der Waals surface area contributed by atoms with Crippen LogP contribution in [0.2, 0.25) is 0 Å². The van der Waals surface area contributed by atoms with Crippen molar-refractivity contribution in [3.63, 3.8) is 0 Å². The number of ether oxygens (including phenoxy) is 1. The Hall–Kier alpha value is -3.08. The predicted molar refractivity (Wildman–Crippen MR) is 159 cm³/mol. The van der Waals surface area contributed by atoms with E-state index in [0.717, 1.165) is 61.4 Å². The Bertz CT molecular complexity index is 1280. The number of hydrazone groups is 1. The van der Waals surface area contributed by atoms with Crippen LogP contribution in [0.5, 0.6) is 0 Å². The Morgan fingerprint density at radius 2 is 2.00 bits per heavy atom. The number of hydrogen-bond donors (Lipinski definition) is 1. The maximum atomic E-state index is 13.5. The molecule has 1 N–H and O–H groups in total. The van der Waals surface area contributed by atoms with Gasteiger partial charge in [-0.05, 0) is 71.5 Å². The number of halogens is 1. The molecule has 39 heavy (non-hydrogen) atoms. The Kier molecular flexibility index (Phi) is 8.74. The van der Waals surface area contributed by atoms with Crippen LogP contribution >= 0.6 is 15.9 Å². The van der Waals surface area contributed by atoms with Crippen molar-refractivity contribution in [3.05, 3.63) is 63.5 Å². The normalized spacial score (nSPS) is 21.4. The summed E-state index contributed by atoms with van der Waals surface area (Å²) < 4.78 is 8.47. The summed E-state index contributed by atoms with van der Waals surface area (Å²) in [5.41, 5.74) is 4.02. The van der Waals surface area contributed by atoms with E-state index in [1.54, 1.807) is 5.01 Å². The first-order chi connectivity index (χ1) is 18.9. The van der Waals surface area contributed by atoms with Gasteiger partial charge in [-0.1, -0.05) is 33.6 Å². The fraction of sp³-hybridized carbons (Fsp3) is 0.448. The summed E-state index contributed by atoms with van der Waals surface area (Å²) in [6.07, 6.45) is 7.80. The Labute approximate surface area is 238 Å². The number of anilines is 1. The highest BCUT2D eigenvalue weighted by Gasteiger charge is 2.29. The van der Waals surface area contributed by atoms with E-state index in [-0.39, 0.29) is 5.91 Å². The van der Waals surface area contributed by atoms with Gasteiger partial charge in [0.2, 0.25) is 0 Å². The lowest BCUT2D eigenvalue weighted by molar-refractivity contribution is -0.112. The molecule has 1 unspecified atom stereocenters. The number of nitrogens with one attached hydrogen (secondary N) is 1. The molecule has 1 atom stereocenters. The van der Waals surface area contributed by atoms with Gasteiger partial charge in [-0.3, -0.25) is 19.7 Å². The number of aliphatic imine (C=N–C) groups is 1. The van der Waals surface area contributed by atoms with Crippen molar-refractivity contribution >= 4 is 40.6 Å². The van der Waals surface area contributed by atoms with Gasteiger partial charge in [-0.25, -0.2) is 4.68 Å². The standard InChI is InChI=1S/C29H36BrN7O2/c1-20-6-8-23(9-7-20)37-28(33-29(38)25-16-32-36(17-21(2)30)18-27(25)31-3)15-26(34-37)22-10-12-35(13-11-22)24-5-4-14-39-19-24/h6-9,15-17,22,24H,3-5,10-14,18-19H2,1-2H3,(H,33,38)/b21-17+. The number of aryl methyl sites for hydroxylation is 1. The third-order valence-corrected chi connectivity index (χ3v) is 7.77. The van der Waals surface area contributed by atoms with Crippen LogP contribution in [-0.2, 0) is 9.53 Å². The average molecular weight is 595 g/mol. The van der Waals surface area contributed by atoms with Crippen molar-refractivity contribution in [1.29, 1.82) is 0 Å². The maximum Gasteiger partial charge on any atom is 0.260 e. The van der Waals surface area contributed by atoms with E-state index in [2.05, 4.69) is 62.0 Å². The smallest absolute Gasteiger partial charge is 0.260 e. The van der Waals surface area contributed by atoms with Crippen LogP contribution in [0, 0.1) is 6.92 Å². The summed E-state index contributed by atoms with van der Waals surface area (Å²) in [6, 6.07) is 10.7. The van der Waals surface area contributed by atoms with Crippen LogP contribution in [-0.4, -0.2) is 77.4 Å². The Morgan fingerprint density at radius 1 is 1.23 bits per heavy atom. The molecule has 10 heteroatoms. The Balaban J connectivity index is 1.37. The van der Waals surface area contributed by atoms with E-state index >= 15 is 0 Å². The van der Waals surface area contributed by atoms with E-state index < -0.39 is 0 Å². The molecule has 1 aromatic carbocycles. The number of benzene rings is 1. The summed E-state index contributed by atoms with van der Waals surface area (Å²) in [5, 5.41) is 14.2. The third-order valence-electron chi connectivity index (χ3n) is 7.57. The quantitative estimate of drug-likeness (QED) is 0.457. The molecule has 1 aromatic heterocycles. The minimum absolute atomic E-state index is 0.285. The lowest BCUT2D eigenvalue weighted by Crippen LogP contribution is -2.45. The molecule has 206 valence electrons. The van der Waals surface area contributed by atoms with Crippen molar-refractivity contribution < 1.29 is 9.53 Å². The van der Waals surface area contributed by atoms with Crippen molar-refractivity contribution in [1.82, 2.24) is 19.7 Å². The first-order valence-electron chi connectivity index (χ1n) is 13.6. The highest BCUT2D eigenvalue weighted by atomic mass is 79.9. The van der Waals surface area contributed by atoms with Crippen LogP contribution in [0.15, 0.2) is 62.4 Å². The minimum Gasteiger partial charge on any atom is -0.380 e. The van der Waals surface area contributed by atoms with Crippen molar-refractivity contribution in [2.45, 2.75) is 51.5 Å². The third kappa shape index (κ3) is 6.57. The lowest BCUT2D eigenvalue weighted by Gasteiger charge is -2.38. The molecule has 0 aliphatic carbocycles. The van der Waals surface area contributed by atoms with E-state index in [1.165, 1.54) is 18.2 Å².